The summed E-state index contributed by atoms with van der Waals surface area (Å²) in [6, 6.07) is 0.316. The normalized spacial score (nSPS) is 28.1. The molecule has 0 saturated carbocycles. The zero-order valence-electron chi connectivity index (χ0n) is 9.86. The molecule has 0 bridgehead atoms. The van der Waals surface area contributed by atoms with E-state index in [1.165, 1.54) is 6.42 Å². The first-order chi connectivity index (χ1) is 7.83. The summed E-state index contributed by atoms with van der Waals surface area (Å²) in [7, 11) is 0. The average Bonchev–Trinajstić information content (AvgIpc) is 2.39. The quantitative estimate of drug-likeness (QED) is 0.797. The Kier molecular flexibility index (Phi) is 4.53. The van der Waals surface area contributed by atoms with E-state index in [1.807, 2.05) is 11.8 Å². The third-order valence-electron chi connectivity index (χ3n) is 3.75. The summed E-state index contributed by atoms with van der Waals surface area (Å²) in [6.07, 6.45) is 5.62. The minimum absolute atomic E-state index is 0.286. The smallest absolute Gasteiger partial charge is 0.226 e. The molecule has 0 radical (unpaired) electrons. The fraction of sp³-hybridized carbons (Fsp3) is 0.917. The number of rotatable bonds is 2. The lowest BCUT2D eigenvalue weighted by Gasteiger charge is -2.38. The molecule has 0 aliphatic carbocycles. The number of thioether (sulfide) groups is 1. The van der Waals surface area contributed by atoms with Crippen LogP contribution in [0.15, 0.2) is 0 Å². The lowest BCUT2D eigenvalue weighted by atomic mass is 9.96. The van der Waals surface area contributed by atoms with Gasteiger partial charge in [-0.1, -0.05) is 0 Å². The van der Waals surface area contributed by atoms with Crippen LogP contribution < -0.4 is 5.73 Å². The average molecular weight is 242 g/mol. The van der Waals surface area contributed by atoms with Crippen LogP contribution in [0.4, 0.5) is 0 Å². The summed E-state index contributed by atoms with van der Waals surface area (Å²) in [4.78, 5) is 14.5. The van der Waals surface area contributed by atoms with Crippen molar-refractivity contribution in [2.45, 2.75) is 38.1 Å². The van der Waals surface area contributed by atoms with Gasteiger partial charge in [0.2, 0.25) is 5.91 Å². The Morgan fingerprint density at radius 1 is 1.25 bits per heavy atom. The number of amides is 1. The van der Waals surface area contributed by atoms with E-state index in [0.29, 0.717) is 18.5 Å². The summed E-state index contributed by atoms with van der Waals surface area (Å²) in [6.45, 7) is 1.57. The fourth-order valence-electron chi connectivity index (χ4n) is 2.71. The highest BCUT2D eigenvalue weighted by atomic mass is 32.2. The second-order valence-corrected chi connectivity index (χ2v) is 6.03. The van der Waals surface area contributed by atoms with Gasteiger partial charge < -0.3 is 10.6 Å². The number of hydrogen-bond donors (Lipinski definition) is 1. The molecule has 0 spiro atoms. The van der Waals surface area contributed by atoms with Gasteiger partial charge in [0.15, 0.2) is 0 Å². The van der Waals surface area contributed by atoms with E-state index < -0.39 is 0 Å². The summed E-state index contributed by atoms with van der Waals surface area (Å²) >= 11 is 1.97. The maximum Gasteiger partial charge on any atom is 0.226 e. The van der Waals surface area contributed by atoms with Crippen LogP contribution >= 0.6 is 11.8 Å². The monoisotopic (exact) mass is 242 g/mol. The standard InChI is InChI=1S/C12H22N2OS/c13-9-11-3-1-2-6-14(11)12(15)10-4-7-16-8-5-10/h10-11H,1-9,13H2. The van der Waals surface area contributed by atoms with Crippen LogP contribution in [0.3, 0.4) is 0 Å². The second kappa shape index (κ2) is 5.92. The zero-order valence-corrected chi connectivity index (χ0v) is 10.7. The summed E-state index contributed by atoms with van der Waals surface area (Å²) in [5, 5.41) is 0. The Hall–Kier alpha value is -0.220. The Bertz CT molecular complexity index is 241. The van der Waals surface area contributed by atoms with Gasteiger partial charge in [-0.15, -0.1) is 0 Å². The molecule has 1 atom stereocenters. The number of nitrogens with two attached hydrogens (primary N) is 1. The summed E-state index contributed by atoms with van der Waals surface area (Å²) < 4.78 is 0. The van der Waals surface area contributed by atoms with Crippen molar-refractivity contribution in [1.29, 1.82) is 0 Å². The Morgan fingerprint density at radius 2 is 2.00 bits per heavy atom. The number of nitrogens with zero attached hydrogens (tertiary/aromatic N) is 1. The number of carbonyl (C=O) groups excluding carboxylic acids is 1. The Balaban J connectivity index is 1.95. The van der Waals surface area contributed by atoms with Crippen LogP contribution in [0.25, 0.3) is 0 Å². The largest absolute Gasteiger partial charge is 0.338 e. The Labute approximate surface area is 102 Å². The lowest BCUT2D eigenvalue weighted by Crippen LogP contribution is -2.50. The predicted octanol–water partition coefficient (Wildman–Crippen LogP) is 1.47. The molecular formula is C12H22N2OS. The molecule has 2 saturated heterocycles. The molecular weight excluding hydrogens is 220 g/mol. The van der Waals surface area contributed by atoms with E-state index in [1.54, 1.807) is 0 Å². The minimum Gasteiger partial charge on any atom is -0.338 e. The van der Waals surface area contributed by atoms with Crippen molar-refractivity contribution in [3.8, 4) is 0 Å². The topological polar surface area (TPSA) is 46.3 Å². The molecule has 0 aromatic carbocycles. The van der Waals surface area contributed by atoms with E-state index in [0.717, 1.165) is 43.7 Å². The molecule has 2 heterocycles. The first-order valence-corrected chi connectivity index (χ1v) is 7.56. The fourth-order valence-corrected chi connectivity index (χ4v) is 3.82. The highest BCUT2D eigenvalue weighted by Gasteiger charge is 2.31. The van der Waals surface area contributed by atoms with Crippen LogP contribution in [0, 0.1) is 5.92 Å². The minimum atomic E-state index is 0.286. The molecule has 92 valence electrons. The van der Waals surface area contributed by atoms with Gasteiger partial charge in [0, 0.05) is 25.0 Å². The molecule has 2 rings (SSSR count). The van der Waals surface area contributed by atoms with Crippen molar-refractivity contribution in [2.75, 3.05) is 24.6 Å². The molecule has 4 heteroatoms. The van der Waals surface area contributed by atoms with Gasteiger partial charge in [-0.05, 0) is 43.6 Å². The van der Waals surface area contributed by atoms with Gasteiger partial charge in [-0.2, -0.15) is 11.8 Å². The molecule has 2 aliphatic heterocycles. The molecule has 2 aliphatic rings. The van der Waals surface area contributed by atoms with Crippen molar-refractivity contribution in [3.05, 3.63) is 0 Å². The Morgan fingerprint density at radius 3 is 2.69 bits per heavy atom. The van der Waals surface area contributed by atoms with Crippen molar-refractivity contribution in [1.82, 2.24) is 4.90 Å². The summed E-state index contributed by atoms with van der Waals surface area (Å²) in [5.41, 5.74) is 5.76. The third kappa shape index (κ3) is 2.72. The molecule has 3 nitrogen and oxygen atoms in total. The molecule has 2 fully saturated rings. The van der Waals surface area contributed by atoms with Crippen LogP contribution in [0.5, 0.6) is 0 Å². The summed E-state index contributed by atoms with van der Waals surface area (Å²) in [5.74, 6) is 2.97. The maximum atomic E-state index is 12.4. The van der Waals surface area contributed by atoms with Crippen molar-refractivity contribution >= 4 is 17.7 Å². The molecule has 0 aromatic rings. The highest BCUT2D eigenvalue weighted by molar-refractivity contribution is 7.99. The first kappa shape index (κ1) is 12.2. The van der Waals surface area contributed by atoms with Crippen LogP contribution in [0.1, 0.15) is 32.1 Å². The number of piperidine rings is 1. The van der Waals surface area contributed by atoms with Crippen molar-refractivity contribution in [2.24, 2.45) is 11.7 Å². The number of carbonyl (C=O) groups is 1. The van der Waals surface area contributed by atoms with Gasteiger partial charge in [0.25, 0.3) is 0 Å². The first-order valence-electron chi connectivity index (χ1n) is 6.41. The lowest BCUT2D eigenvalue weighted by molar-refractivity contribution is -0.139. The van der Waals surface area contributed by atoms with Gasteiger partial charge in [-0.3, -0.25) is 4.79 Å². The van der Waals surface area contributed by atoms with E-state index in [4.69, 9.17) is 5.73 Å². The molecule has 16 heavy (non-hydrogen) atoms. The maximum absolute atomic E-state index is 12.4. The van der Waals surface area contributed by atoms with Crippen LogP contribution in [-0.4, -0.2) is 41.4 Å². The van der Waals surface area contributed by atoms with E-state index in [9.17, 15) is 4.79 Å². The van der Waals surface area contributed by atoms with E-state index >= 15 is 0 Å². The van der Waals surface area contributed by atoms with Gasteiger partial charge >= 0.3 is 0 Å². The number of hydrogen-bond acceptors (Lipinski definition) is 3. The van der Waals surface area contributed by atoms with E-state index in [-0.39, 0.29) is 5.92 Å². The van der Waals surface area contributed by atoms with Gasteiger partial charge in [0.1, 0.15) is 0 Å². The highest BCUT2D eigenvalue weighted by Crippen LogP contribution is 2.27. The van der Waals surface area contributed by atoms with Crippen molar-refractivity contribution < 1.29 is 4.79 Å². The molecule has 0 aromatic heterocycles. The second-order valence-electron chi connectivity index (χ2n) is 4.80. The SMILES string of the molecule is NCC1CCCCN1C(=O)C1CCSCC1. The third-order valence-corrected chi connectivity index (χ3v) is 4.80. The zero-order chi connectivity index (χ0) is 11.4. The molecule has 2 N–H and O–H groups in total. The molecule has 1 amide bonds. The van der Waals surface area contributed by atoms with Crippen LogP contribution in [0.2, 0.25) is 0 Å². The van der Waals surface area contributed by atoms with Crippen LogP contribution in [-0.2, 0) is 4.79 Å². The number of likely N-dealkylation sites (tertiary alicyclic amines) is 1. The molecule has 1 unspecified atom stereocenters. The van der Waals surface area contributed by atoms with E-state index in [2.05, 4.69) is 4.90 Å². The van der Waals surface area contributed by atoms with Gasteiger partial charge in [0.05, 0.1) is 0 Å². The van der Waals surface area contributed by atoms with Gasteiger partial charge in [-0.25, -0.2) is 0 Å². The predicted molar refractivity (Wildman–Crippen MR) is 68.5 cm³/mol. The van der Waals surface area contributed by atoms with Crippen molar-refractivity contribution in [3.63, 3.8) is 0 Å².